The normalized spacial score (nSPS) is 19.3. The van der Waals surface area contributed by atoms with Crippen LogP contribution in [0.5, 0.6) is 34.5 Å². The molecule has 3 aliphatic rings. The van der Waals surface area contributed by atoms with E-state index in [1.54, 1.807) is 48.5 Å². The van der Waals surface area contributed by atoms with Crippen LogP contribution in [-0.4, -0.2) is 95.2 Å². The smallest absolute Gasteiger partial charge is 0.453 e. The fourth-order valence-corrected chi connectivity index (χ4v) is 12.1. The van der Waals surface area contributed by atoms with Gasteiger partial charge in [-0.05, 0) is 130 Å². The van der Waals surface area contributed by atoms with E-state index in [4.69, 9.17) is 18.9 Å². The first-order valence-corrected chi connectivity index (χ1v) is 31.7. The number of phenolic OH excluding ortho intramolecular Hbond substituents is 4. The second kappa shape index (κ2) is 35.0. The zero-order valence-electron chi connectivity index (χ0n) is 52.0. The molecule has 0 radical (unpaired) electrons. The molecule has 0 saturated carbocycles. The molecule has 502 valence electrons. The number of phenols is 4. The molecule has 7 rings (SSSR count). The minimum atomic E-state index is -5.68. The summed E-state index contributed by atoms with van der Waals surface area (Å²) in [7, 11) is 0. The highest BCUT2D eigenvalue weighted by molar-refractivity contribution is 5.98. The topological polar surface area (TPSA) is 169 Å². The zero-order chi connectivity index (χ0) is 66.2. The predicted molar refractivity (Wildman–Crippen MR) is 322 cm³/mol. The van der Waals surface area contributed by atoms with Gasteiger partial charge in [-0.15, -0.1) is 0 Å². The lowest BCUT2D eigenvalue weighted by molar-refractivity contribution is -0.284. The summed E-state index contributed by atoms with van der Waals surface area (Å²) < 4.78 is 148. The standard InChI is InChI=1S/C34H43F5O6.C31H39F5O4.C4H8O/c1-3-44-31(43)27(11-10-20-33(35,36)34(37,38)39)29(42)13-9-7-5-4-6-8-12-28-26-19-18-25(41)21-30(26)45-22-32(28,2)23-14-16-24(40)17-15-23;1-29(22-13-15-24(38)16-14-22)21-40-28-20-25(39)17-18-26(28)27(29)12-7-5-3-2-4-6-10-23(37)11-8-9-19-30(32,33)31(34,35)36;1-2-4-5-3-1/h14-19,21,27-28,40-41H,3-13,20,22H2,1-2H3;13-18,20,27,38-39H,2-12,19,21H2,1H3;1-4H2/t27?,28-,32-;27-,29-;/m11./s1. The Balaban J connectivity index is 0.000000304. The quantitative estimate of drug-likeness (QED) is 0.0159. The van der Waals surface area contributed by atoms with Gasteiger partial charge in [-0.25, -0.2) is 0 Å². The van der Waals surface area contributed by atoms with Crippen LogP contribution in [0.3, 0.4) is 0 Å². The average Bonchev–Trinajstić information content (AvgIpc) is 0.784. The number of ether oxygens (including phenoxy) is 4. The maximum absolute atomic E-state index is 13.3. The van der Waals surface area contributed by atoms with Gasteiger partial charge in [0, 0.05) is 80.1 Å². The van der Waals surface area contributed by atoms with E-state index in [9.17, 15) is 78.7 Å². The van der Waals surface area contributed by atoms with Gasteiger partial charge in [0.2, 0.25) is 0 Å². The predicted octanol–water partition coefficient (Wildman–Crippen LogP) is 18.5. The highest BCUT2D eigenvalue weighted by Gasteiger charge is 2.57. The van der Waals surface area contributed by atoms with E-state index in [-0.39, 0.29) is 83.7 Å². The lowest BCUT2D eigenvalue weighted by Crippen LogP contribution is -2.40. The second-order valence-corrected chi connectivity index (χ2v) is 24.5. The largest absolute Gasteiger partial charge is 0.508 e. The molecule has 1 saturated heterocycles. The zero-order valence-corrected chi connectivity index (χ0v) is 52.0. The van der Waals surface area contributed by atoms with E-state index in [2.05, 4.69) is 13.8 Å². The summed E-state index contributed by atoms with van der Waals surface area (Å²) in [6, 6.07) is 24.8. The van der Waals surface area contributed by atoms with Gasteiger partial charge in [-0.3, -0.25) is 14.4 Å². The Bertz CT molecular complexity index is 2810. The molecule has 0 amide bonds. The van der Waals surface area contributed by atoms with Crippen molar-refractivity contribution in [3.63, 3.8) is 0 Å². The van der Waals surface area contributed by atoms with Gasteiger partial charge in [0.15, 0.2) is 0 Å². The number of alkyl halides is 10. The van der Waals surface area contributed by atoms with Crippen LogP contribution >= 0.6 is 0 Å². The van der Waals surface area contributed by atoms with Crippen LogP contribution in [0.2, 0.25) is 0 Å². The summed E-state index contributed by atoms with van der Waals surface area (Å²) in [4.78, 5) is 36.9. The van der Waals surface area contributed by atoms with Crippen molar-refractivity contribution < 1.29 is 97.7 Å². The first-order chi connectivity index (χ1) is 42.5. The molecule has 4 aromatic carbocycles. The van der Waals surface area contributed by atoms with E-state index >= 15 is 0 Å². The molecule has 3 aliphatic heterocycles. The van der Waals surface area contributed by atoms with Crippen LogP contribution in [0.1, 0.15) is 215 Å². The van der Waals surface area contributed by atoms with E-state index in [0.29, 0.717) is 50.4 Å². The Morgan fingerprint density at radius 2 is 0.889 bits per heavy atom. The molecule has 4 N–H and O–H groups in total. The number of benzene rings is 4. The molecule has 90 heavy (non-hydrogen) atoms. The summed E-state index contributed by atoms with van der Waals surface area (Å²) in [6.07, 6.45) is -0.300. The molecule has 4 aromatic rings. The van der Waals surface area contributed by atoms with Crippen LogP contribution in [0.15, 0.2) is 84.9 Å². The first-order valence-electron chi connectivity index (χ1n) is 31.7. The number of ketones is 2. The molecule has 3 heterocycles. The first kappa shape index (κ1) is 74.5. The number of halogens is 10. The van der Waals surface area contributed by atoms with Crippen molar-refractivity contribution in [3.8, 4) is 34.5 Å². The number of unbranched alkanes of at least 4 members (excludes halogenated alkanes) is 11. The van der Waals surface area contributed by atoms with Crippen molar-refractivity contribution >= 4 is 17.5 Å². The lowest BCUT2D eigenvalue weighted by atomic mass is 9.66. The Hall–Kier alpha value is -6.25. The Kier molecular flexibility index (Phi) is 28.9. The Morgan fingerprint density at radius 1 is 0.511 bits per heavy atom. The number of rotatable bonds is 32. The molecular formula is C69H90F10O11. The fraction of sp³-hybridized carbons (Fsp3) is 0.609. The van der Waals surface area contributed by atoms with Crippen molar-refractivity contribution in [2.24, 2.45) is 5.92 Å². The van der Waals surface area contributed by atoms with Crippen molar-refractivity contribution in [2.45, 2.75) is 228 Å². The highest BCUT2D eigenvalue weighted by atomic mass is 19.4. The van der Waals surface area contributed by atoms with Gasteiger partial charge in [0.05, 0.1) is 19.8 Å². The summed E-state index contributed by atoms with van der Waals surface area (Å²) >= 11 is 0. The minimum absolute atomic E-state index is 0.0236. The maximum Gasteiger partial charge on any atom is 0.453 e. The van der Waals surface area contributed by atoms with Crippen LogP contribution in [-0.2, 0) is 34.7 Å². The molecule has 0 aliphatic carbocycles. The summed E-state index contributed by atoms with van der Waals surface area (Å²) in [5, 5.41) is 39.4. The number of carbonyl (C=O) groups is 3. The van der Waals surface area contributed by atoms with Crippen LogP contribution in [0.25, 0.3) is 0 Å². The summed E-state index contributed by atoms with van der Waals surface area (Å²) in [5.41, 5.74) is 3.54. The number of hydrogen-bond acceptors (Lipinski definition) is 11. The van der Waals surface area contributed by atoms with E-state index in [0.717, 1.165) is 106 Å². The SMILES string of the molecule is C1CCOC1.CCOC(=O)C(CCCC(F)(F)C(F)(F)F)C(=O)CCCCCCCC[C@@H]1c2ccc(O)cc2OC[C@]1(C)c1ccc(O)cc1.C[C@]1(c2ccc(O)cc2)COc2cc(O)ccc2[C@H]1CCCCCCCCC(=O)CCCCC(F)(F)C(F)(F)F. The molecule has 0 aromatic heterocycles. The van der Waals surface area contributed by atoms with Gasteiger partial charge in [0.25, 0.3) is 0 Å². The molecular weight excluding hydrogens is 1190 g/mol. The molecule has 11 nitrogen and oxygen atoms in total. The molecule has 5 atom stereocenters. The highest BCUT2D eigenvalue weighted by Crippen LogP contribution is 2.52. The van der Waals surface area contributed by atoms with Crippen molar-refractivity contribution in [1.29, 1.82) is 0 Å². The lowest BCUT2D eigenvalue weighted by Gasteiger charge is -2.43. The molecule has 21 heteroatoms. The number of hydrogen-bond donors (Lipinski definition) is 4. The molecule has 0 bridgehead atoms. The second-order valence-electron chi connectivity index (χ2n) is 24.5. The molecule has 0 spiro atoms. The van der Waals surface area contributed by atoms with E-state index in [1.165, 1.54) is 19.8 Å². The summed E-state index contributed by atoms with van der Waals surface area (Å²) in [5.74, 6) is -10.1. The van der Waals surface area contributed by atoms with Gasteiger partial charge in [0.1, 0.15) is 52.0 Å². The number of aromatic hydroxyl groups is 4. The number of esters is 1. The average molecular weight is 1290 g/mol. The Morgan fingerprint density at radius 3 is 1.29 bits per heavy atom. The molecule has 1 fully saturated rings. The van der Waals surface area contributed by atoms with Crippen LogP contribution < -0.4 is 9.47 Å². The van der Waals surface area contributed by atoms with Gasteiger partial charge >= 0.3 is 30.2 Å². The van der Waals surface area contributed by atoms with Crippen LogP contribution in [0, 0.1) is 5.92 Å². The van der Waals surface area contributed by atoms with Crippen molar-refractivity contribution in [2.75, 3.05) is 33.0 Å². The Labute approximate surface area is 522 Å². The van der Waals surface area contributed by atoms with E-state index < -0.39 is 67.6 Å². The fourth-order valence-electron chi connectivity index (χ4n) is 12.1. The third-order valence-corrected chi connectivity index (χ3v) is 17.6. The van der Waals surface area contributed by atoms with Gasteiger partial charge in [-0.1, -0.05) is 114 Å². The van der Waals surface area contributed by atoms with E-state index in [1.807, 2.05) is 36.4 Å². The number of Topliss-reactive ketones (excluding diaryl/α,β-unsaturated/α-hetero) is 2. The number of carbonyl (C=O) groups excluding carboxylic acids is 3. The monoisotopic (exact) mass is 1280 g/mol. The minimum Gasteiger partial charge on any atom is -0.508 e. The van der Waals surface area contributed by atoms with Crippen molar-refractivity contribution in [3.05, 3.63) is 107 Å². The van der Waals surface area contributed by atoms with Crippen molar-refractivity contribution in [1.82, 2.24) is 0 Å². The third kappa shape index (κ3) is 22.3. The number of fused-ring (bicyclic) bond motifs is 2. The van der Waals surface area contributed by atoms with Crippen LogP contribution in [0.4, 0.5) is 43.9 Å². The summed E-state index contributed by atoms with van der Waals surface area (Å²) in [6.45, 7) is 8.68. The van der Waals surface area contributed by atoms with Gasteiger partial charge in [-0.2, -0.15) is 43.9 Å². The molecule has 1 unspecified atom stereocenters. The van der Waals surface area contributed by atoms with Gasteiger partial charge < -0.3 is 39.4 Å². The maximum atomic E-state index is 13.3. The third-order valence-electron chi connectivity index (χ3n) is 17.6.